The highest BCUT2D eigenvalue weighted by atomic mass is 16.1. The third-order valence-corrected chi connectivity index (χ3v) is 4.42. The second kappa shape index (κ2) is 7.09. The molecule has 1 aliphatic carbocycles. The molecule has 0 aromatic rings. The van der Waals surface area contributed by atoms with Crippen molar-refractivity contribution in [3.05, 3.63) is 0 Å². The van der Waals surface area contributed by atoms with E-state index in [-0.39, 0.29) is 16.7 Å². The minimum absolute atomic E-state index is 0.126. The number of hydrogen-bond donors (Lipinski definition) is 0. The number of rotatable bonds is 6. The van der Waals surface area contributed by atoms with E-state index >= 15 is 0 Å². The van der Waals surface area contributed by atoms with E-state index in [0.717, 1.165) is 25.2 Å². The minimum Gasteiger partial charge on any atom is -0.299 e. The monoisotopic (exact) mass is 280 g/mol. The Morgan fingerprint density at radius 1 is 1.00 bits per heavy atom. The van der Waals surface area contributed by atoms with Crippen LogP contribution < -0.4 is 0 Å². The van der Waals surface area contributed by atoms with E-state index < -0.39 is 0 Å². The van der Waals surface area contributed by atoms with Gasteiger partial charge in [-0.15, -0.1) is 0 Å². The van der Waals surface area contributed by atoms with Gasteiger partial charge in [-0.25, -0.2) is 0 Å². The summed E-state index contributed by atoms with van der Waals surface area (Å²) in [6.45, 7) is 13.3. The number of ketones is 1. The fraction of sp³-hybridized carbons (Fsp3) is 0.947. The molecule has 1 aliphatic rings. The molecule has 1 saturated carbocycles. The van der Waals surface area contributed by atoms with Gasteiger partial charge in [-0.05, 0) is 36.0 Å². The molecule has 0 bridgehead atoms. The third kappa shape index (κ3) is 7.45. The predicted octanol–water partition coefficient (Wildman–Crippen LogP) is 6.01. The molecule has 0 aromatic carbocycles. The molecular formula is C19H36O. The molecule has 1 fully saturated rings. The van der Waals surface area contributed by atoms with Gasteiger partial charge >= 0.3 is 0 Å². The van der Waals surface area contributed by atoms with E-state index in [9.17, 15) is 4.79 Å². The number of carbonyl (C=O) groups excluding carboxylic acids is 1. The molecule has 0 amide bonds. The normalized spacial score (nSPS) is 19.3. The van der Waals surface area contributed by atoms with Crippen LogP contribution in [-0.4, -0.2) is 5.78 Å². The van der Waals surface area contributed by atoms with Crippen LogP contribution in [0.2, 0.25) is 0 Å². The summed E-state index contributed by atoms with van der Waals surface area (Å²) in [5, 5.41) is 0. The second-order valence-corrected chi connectivity index (χ2v) is 9.39. The topological polar surface area (TPSA) is 17.1 Å². The summed E-state index contributed by atoms with van der Waals surface area (Å²) in [6, 6.07) is 0. The van der Waals surface area contributed by atoms with Crippen LogP contribution in [0.5, 0.6) is 0 Å². The largest absolute Gasteiger partial charge is 0.299 e. The molecule has 20 heavy (non-hydrogen) atoms. The van der Waals surface area contributed by atoms with Crippen molar-refractivity contribution < 1.29 is 4.79 Å². The Morgan fingerprint density at radius 2 is 1.55 bits per heavy atom. The van der Waals surface area contributed by atoms with Gasteiger partial charge in [0.1, 0.15) is 5.78 Å². The zero-order valence-corrected chi connectivity index (χ0v) is 14.7. The van der Waals surface area contributed by atoms with E-state index in [4.69, 9.17) is 0 Å². The van der Waals surface area contributed by atoms with Crippen molar-refractivity contribution in [1.82, 2.24) is 0 Å². The third-order valence-electron chi connectivity index (χ3n) is 4.42. The fourth-order valence-corrected chi connectivity index (χ4v) is 3.52. The molecule has 0 heterocycles. The summed E-state index contributed by atoms with van der Waals surface area (Å²) in [4.78, 5) is 12.6. The smallest absolute Gasteiger partial charge is 0.136 e. The predicted molar refractivity (Wildman–Crippen MR) is 87.8 cm³/mol. The molecular weight excluding hydrogens is 244 g/mol. The Labute approximate surface area is 126 Å². The van der Waals surface area contributed by atoms with Gasteiger partial charge in [0.2, 0.25) is 0 Å². The van der Waals surface area contributed by atoms with E-state index in [0.29, 0.717) is 5.78 Å². The first-order valence-electron chi connectivity index (χ1n) is 8.59. The van der Waals surface area contributed by atoms with Gasteiger partial charge in [0.25, 0.3) is 0 Å². The van der Waals surface area contributed by atoms with Gasteiger partial charge in [-0.2, -0.15) is 0 Å². The molecule has 0 N–H and O–H groups in total. The van der Waals surface area contributed by atoms with E-state index in [1.807, 2.05) is 0 Å². The highest BCUT2D eigenvalue weighted by Gasteiger charge is 2.28. The lowest BCUT2D eigenvalue weighted by Gasteiger charge is -2.28. The number of carbonyl (C=O) groups is 1. The highest BCUT2D eigenvalue weighted by Crippen LogP contribution is 2.35. The van der Waals surface area contributed by atoms with Crippen LogP contribution in [0.25, 0.3) is 0 Å². The minimum atomic E-state index is 0.126. The molecule has 1 atom stereocenters. The Kier molecular flexibility index (Phi) is 6.28. The van der Waals surface area contributed by atoms with E-state index in [1.54, 1.807) is 0 Å². The van der Waals surface area contributed by atoms with Crippen LogP contribution in [0, 0.1) is 22.7 Å². The molecule has 0 radical (unpaired) electrons. The summed E-state index contributed by atoms with van der Waals surface area (Å²) in [6.07, 6.45) is 9.79. The maximum atomic E-state index is 12.6. The lowest BCUT2D eigenvalue weighted by molar-refractivity contribution is -0.125. The van der Waals surface area contributed by atoms with Crippen molar-refractivity contribution in [2.24, 2.45) is 22.7 Å². The van der Waals surface area contributed by atoms with Crippen LogP contribution in [0.3, 0.4) is 0 Å². The summed E-state index contributed by atoms with van der Waals surface area (Å²) in [5.41, 5.74) is 0.383. The molecule has 1 rings (SSSR count). The Morgan fingerprint density at radius 3 is 2.00 bits per heavy atom. The molecule has 0 saturated heterocycles. The van der Waals surface area contributed by atoms with Gasteiger partial charge in [-0.1, -0.05) is 67.2 Å². The van der Waals surface area contributed by atoms with E-state index in [2.05, 4.69) is 41.5 Å². The Bertz CT molecular complexity index is 297. The lowest BCUT2D eigenvalue weighted by Crippen LogP contribution is -2.25. The van der Waals surface area contributed by atoms with Crippen LogP contribution in [-0.2, 0) is 4.79 Å². The van der Waals surface area contributed by atoms with Crippen molar-refractivity contribution in [2.45, 2.75) is 92.9 Å². The summed E-state index contributed by atoms with van der Waals surface area (Å²) in [5.74, 6) is 1.69. The van der Waals surface area contributed by atoms with Gasteiger partial charge in [-0.3, -0.25) is 4.79 Å². The molecule has 0 aliphatic heterocycles. The summed E-state index contributed by atoms with van der Waals surface area (Å²) < 4.78 is 0. The van der Waals surface area contributed by atoms with Gasteiger partial charge in [0.15, 0.2) is 0 Å². The van der Waals surface area contributed by atoms with Gasteiger partial charge < -0.3 is 0 Å². The molecule has 1 heteroatoms. The Balaban J connectivity index is 2.56. The quantitative estimate of drug-likeness (QED) is 0.582. The van der Waals surface area contributed by atoms with Crippen LogP contribution >= 0.6 is 0 Å². The van der Waals surface area contributed by atoms with Gasteiger partial charge in [0.05, 0.1) is 0 Å². The van der Waals surface area contributed by atoms with Crippen LogP contribution in [0.4, 0.5) is 0 Å². The fourth-order valence-electron chi connectivity index (χ4n) is 3.52. The van der Waals surface area contributed by atoms with Crippen molar-refractivity contribution in [2.75, 3.05) is 0 Å². The first kappa shape index (κ1) is 17.7. The Hall–Kier alpha value is -0.330. The first-order chi connectivity index (χ1) is 9.07. The van der Waals surface area contributed by atoms with Crippen LogP contribution in [0.1, 0.15) is 92.9 Å². The van der Waals surface area contributed by atoms with Gasteiger partial charge in [0, 0.05) is 12.3 Å². The second-order valence-electron chi connectivity index (χ2n) is 9.39. The van der Waals surface area contributed by atoms with Crippen LogP contribution in [0.15, 0.2) is 0 Å². The first-order valence-corrected chi connectivity index (χ1v) is 8.59. The zero-order valence-electron chi connectivity index (χ0n) is 14.7. The maximum absolute atomic E-state index is 12.6. The number of hydrogen-bond acceptors (Lipinski definition) is 1. The van der Waals surface area contributed by atoms with Crippen molar-refractivity contribution >= 4 is 5.78 Å². The van der Waals surface area contributed by atoms with E-state index in [1.165, 1.54) is 32.1 Å². The number of Topliss-reactive ketones (excluding diaryl/α,β-unsaturated/α-hetero) is 1. The zero-order chi connectivity index (χ0) is 15.4. The maximum Gasteiger partial charge on any atom is 0.136 e. The van der Waals surface area contributed by atoms with Crippen molar-refractivity contribution in [3.63, 3.8) is 0 Å². The molecule has 1 unspecified atom stereocenters. The molecule has 0 spiro atoms. The van der Waals surface area contributed by atoms with Crippen molar-refractivity contribution in [3.8, 4) is 0 Å². The molecule has 118 valence electrons. The highest BCUT2D eigenvalue weighted by molar-refractivity contribution is 5.81. The molecule has 0 aromatic heterocycles. The summed E-state index contributed by atoms with van der Waals surface area (Å²) >= 11 is 0. The average Bonchev–Trinajstić information content (AvgIpc) is 2.72. The standard InChI is InChI=1S/C19H36O/c1-18(2,3)13-16(17(20)14-19(4,5)6)12-11-15-9-7-8-10-15/h15-16H,7-14H2,1-6H3. The molecule has 1 nitrogen and oxygen atoms in total. The van der Waals surface area contributed by atoms with Crippen molar-refractivity contribution in [1.29, 1.82) is 0 Å². The SMILES string of the molecule is CC(C)(C)CC(=O)C(CCC1CCCC1)CC(C)(C)C. The average molecular weight is 280 g/mol. The lowest BCUT2D eigenvalue weighted by atomic mass is 9.76. The summed E-state index contributed by atoms with van der Waals surface area (Å²) in [7, 11) is 0.